The molecule has 0 bridgehead atoms. The smallest absolute Gasteiger partial charge is 0.310 e. The van der Waals surface area contributed by atoms with Crippen LogP contribution in [0.15, 0.2) is 42.5 Å². The Morgan fingerprint density at radius 3 is 2.21 bits per heavy atom. The highest BCUT2D eigenvalue weighted by atomic mass is 16.6. The van der Waals surface area contributed by atoms with Crippen molar-refractivity contribution in [2.75, 3.05) is 13.2 Å². The van der Waals surface area contributed by atoms with Gasteiger partial charge in [0.1, 0.15) is 12.4 Å². The molecule has 1 aromatic carbocycles. The van der Waals surface area contributed by atoms with E-state index in [1.807, 2.05) is 26.0 Å². The first kappa shape index (κ1) is 27.6. The number of benzene rings is 1. The summed E-state index contributed by atoms with van der Waals surface area (Å²) in [5.41, 5.74) is 0.979. The van der Waals surface area contributed by atoms with Gasteiger partial charge in [-0.25, -0.2) is 0 Å². The highest BCUT2D eigenvalue weighted by molar-refractivity contribution is 5.97. The van der Waals surface area contributed by atoms with E-state index in [2.05, 4.69) is 5.32 Å². The molecule has 1 amide bonds. The van der Waals surface area contributed by atoms with Crippen LogP contribution < -0.4 is 10.1 Å². The molecule has 0 aliphatic carbocycles. The number of hydrogen-bond acceptors (Lipinski definition) is 7. The number of aryl methyl sites for hydroxylation is 1. The summed E-state index contributed by atoms with van der Waals surface area (Å²) in [5.74, 6) is -1.90. The van der Waals surface area contributed by atoms with Crippen LogP contribution in [0.2, 0.25) is 0 Å². The van der Waals surface area contributed by atoms with Crippen molar-refractivity contribution in [2.45, 2.75) is 59.5 Å². The van der Waals surface area contributed by atoms with E-state index in [1.54, 1.807) is 37.3 Å². The molecule has 0 saturated heterocycles. The molecule has 0 fully saturated rings. The van der Waals surface area contributed by atoms with Crippen molar-refractivity contribution >= 4 is 23.8 Å². The number of esters is 3. The minimum Gasteiger partial charge on any atom is -0.461 e. The first-order valence-electron chi connectivity index (χ1n) is 11.0. The average Bonchev–Trinajstić information content (AvgIpc) is 2.75. The lowest BCUT2D eigenvalue weighted by molar-refractivity contribution is -0.157. The summed E-state index contributed by atoms with van der Waals surface area (Å²) in [6.45, 7) is 6.66. The molecule has 8 heteroatoms. The standard InChI is InChI=1S/C25H33NO7/c1-5-7-9-11-23(28)31-17-20(33-24(29)12-10-8-6-2)16-26-25(30)21-14-13-18(3)15-22(21)32-19(4)27/h7-10,13-15,20H,5-6,11-12,16-17H2,1-4H3,(H,26,30)/b9-7-,10-8-. The van der Waals surface area contributed by atoms with Gasteiger partial charge in [-0.15, -0.1) is 0 Å². The quantitative estimate of drug-likeness (QED) is 0.271. The first-order valence-corrected chi connectivity index (χ1v) is 11.0. The van der Waals surface area contributed by atoms with Crippen LogP contribution in [-0.2, 0) is 23.9 Å². The summed E-state index contributed by atoms with van der Waals surface area (Å²) in [6, 6.07) is 4.84. The molecule has 1 N–H and O–H groups in total. The van der Waals surface area contributed by atoms with Crippen LogP contribution in [0.25, 0.3) is 0 Å². The number of amides is 1. The molecule has 0 heterocycles. The van der Waals surface area contributed by atoms with E-state index in [0.29, 0.717) is 0 Å². The van der Waals surface area contributed by atoms with Crippen LogP contribution >= 0.6 is 0 Å². The van der Waals surface area contributed by atoms with Crippen molar-refractivity contribution in [3.05, 3.63) is 53.6 Å². The van der Waals surface area contributed by atoms with Crippen LogP contribution in [-0.4, -0.2) is 43.1 Å². The van der Waals surface area contributed by atoms with Crippen molar-refractivity contribution in [1.82, 2.24) is 5.32 Å². The van der Waals surface area contributed by atoms with Gasteiger partial charge in [0.2, 0.25) is 0 Å². The summed E-state index contributed by atoms with van der Waals surface area (Å²) in [6.07, 6.45) is 7.98. The predicted molar refractivity (Wildman–Crippen MR) is 124 cm³/mol. The summed E-state index contributed by atoms with van der Waals surface area (Å²) in [5, 5.41) is 2.65. The third-order valence-corrected chi connectivity index (χ3v) is 4.23. The van der Waals surface area contributed by atoms with Gasteiger partial charge in [0.05, 0.1) is 24.9 Å². The third-order valence-electron chi connectivity index (χ3n) is 4.23. The molecule has 1 rings (SSSR count). The molecule has 0 saturated carbocycles. The number of ether oxygens (including phenoxy) is 3. The van der Waals surface area contributed by atoms with Crippen molar-refractivity contribution in [3.63, 3.8) is 0 Å². The predicted octanol–water partition coefficient (Wildman–Crippen LogP) is 3.82. The second kappa shape index (κ2) is 15.4. The Balaban J connectivity index is 2.82. The lowest BCUT2D eigenvalue weighted by Gasteiger charge is -2.19. The minimum atomic E-state index is -0.877. The van der Waals surface area contributed by atoms with Crippen molar-refractivity contribution in [2.24, 2.45) is 0 Å². The van der Waals surface area contributed by atoms with E-state index in [9.17, 15) is 19.2 Å². The van der Waals surface area contributed by atoms with Gasteiger partial charge in [0, 0.05) is 6.92 Å². The Morgan fingerprint density at radius 2 is 1.61 bits per heavy atom. The SMILES string of the molecule is CC/C=C\CC(=O)OCC(CNC(=O)c1ccc(C)cc1OC(C)=O)OC(=O)C/C=C\CC. The Kier molecular flexibility index (Phi) is 12.9. The van der Waals surface area contributed by atoms with E-state index in [-0.39, 0.29) is 37.3 Å². The molecule has 180 valence electrons. The lowest BCUT2D eigenvalue weighted by Crippen LogP contribution is -2.38. The largest absolute Gasteiger partial charge is 0.461 e. The zero-order chi connectivity index (χ0) is 24.6. The van der Waals surface area contributed by atoms with E-state index in [0.717, 1.165) is 18.4 Å². The summed E-state index contributed by atoms with van der Waals surface area (Å²) >= 11 is 0. The molecule has 8 nitrogen and oxygen atoms in total. The van der Waals surface area contributed by atoms with Crippen LogP contribution in [0.4, 0.5) is 0 Å². The van der Waals surface area contributed by atoms with Crippen LogP contribution in [0, 0.1) is 6.92 Å². The second-order valence-electron chi connectivity index (χ2n) is 7.27. The Labute approximate surface area is 195 Å². The molecule has 1 unspecified atom stereocenters. The Hall–Kier alpha value is -3.42. The monoisotopic (exact) mass is 459 g/mol. The normalized spacial score (nSPS) is 11.9. The Morgan fingerprint density at radius 1 is 0.970 bits per heavy atom. The maximum Gasteiger partial charge on any atom is 0.310 e. The molecule has 0 spiro atoms. The van der Waals surface area contributed by atoms with Crippen molar-refractivity contribution in [1.29, 1.82) is 0 Å². The van der Waals surface area contributed by atoms with Crippen LogP contribution in [0.5, 0.6) is 5.75 Å². The number of carbonyl (C=O) groups excluding carboxylic acids is 4. The van der Waals surface area contributed by atoms with Crippen molar-refractivity contribution in [3.8, 4) is 5.75 Å². The molecule has 33 heavy (non-hydrogen) atoms. The lowest BCUT2D eigenvalue weighted by atomic mass is 10.1. The number of rotatable bonds is 13. The summed E-state index contributed by atoms with van der Waals surface area (Å²) in [4.78, 5) is 48.1. The number of carbonyl (C=O) groups is 4. The zero-order valence-electron chi connectivity index (χ0n) is 19.7. The summed E-state index contributed by atoms with van der Waals surface area (Å²) in [7, 11) is 0. The summed E-state index contributed by atoms with van der Waals surface area (Å²) < 4.78 is 15.7. The molecule has 0 radical (unpaired) electrons. The number of allylic oxidation sites excluding steroid dienone is 2. The minimum absolute atomic E-state index is 0.0695. The molecule has 0 aliphatic rings. The fourth-order valence-corrected chi connectivity index (χ4v) is 2.66. The highest BCUT2D eigenvalue weighted by Gasteiger charge is 2.20. The molecule has 0 aliphatic heterocycles. The van der Waals surface area contributed by atoms with E-state index >= 15 is 0 Å². The highest BCUT2D eigenvalue weighted by Crippen LogP contribution is 2.20. The van der Waals surface area contributed by atoms with Gasteiger partial charge >= 0.3 is 17.9 Å². The van der Waals surface area contributed by atoms with Gasteiger partial charge in [-0.2, -0.15) is 0 Å². The van der Waals surface area contributed by atoms with E-state index < -0.39 is 29.9 Å². The molecular weight excluding hydrogens is 426 g/mol. The maximum atomic E-state index is 12.7. The van der Waals surface area contributed by atoms with Crippen LogP contribution in [0.1, 0.15) is 62.4 Å². The fraction of sp³-hybridized carbons (Fsp3) is 0.440. The maximum absolute atomic E-state index is 12.7. The van der Waals surface area contributed by atoms with Gasteiger partial charge in [0.15, 0.2) is 6.10 Å². The third kappa shape index (κ3) is 11.7. The number of hydrogen-bond donors (Lipinski definition) is 1. The van der Waals surface area contributed by atoms with Crippen LogP contribution in [0.3, 0.4) is 0 Å². The van der Waals surface area contributed by atoms with Gasteiger partial charge in [0.25, 0.3) is 5.91 Å². The topological polar surface area (TPSA) is 108 Å². The van der Waals surface area contributed by atoms with Crippen molar-refractivity contribution < 1.29 is 33.4 Å². The zero-order valence-corrected chi connectivity index (χ0v) is 19.7. The van der Waals surface area contributed by atoms with Gasteiger partial charge in [-0.1, -0.05) is 44.2 Å². The van der Waals surface area contributed by atoms with Gasteiger partial charge < -0.3 is 19.5 Å². The molecular formula is C25H33NO7. The molecule has 1 aromatic rings. The van der Waals surface area contributed by atoms with E-state index in [4.69, 9.17) is 14.2 Å². The van der Waals surface area contributed by atoms with Gasteiger partial charge in [-0.05, 0) is 37.5 Å². The van der Waals surface area contributed by atoms with E-state index in [1.165, 1.54) is 6.92 Å². The average molecular weight is 460 g/mol. The Bertz CT molecular complexity index is 874. The molecule has 0 aromatic heterocycles. The molecule has 1 atom stereocenters. The first-order chi connectivity index (χ1) is 15.8. The fourth-order valence-electron chi connectivity index (χ4n) is 2.66. The second-order valence-corrected chi connectivity index (χ2v) is 7.27. The number of nitrogens with one attached hydrogen (secondary N) is 1. The van der Waals surface area contributed by atoms with Gasteiger partial charge in [-0.3, -0.25) is 19.2 Å².